The topological polar surface area (TPSA) is 37.3 Å². The summed E-state index contributed by atoms with van der Waals surface area (Å²) in [5.41, 5.74) is 2.43. The van der Waals surface area contributed by atoms with Gasteiger partial charge in [0.25, 0.3) is 0 Å². The van der Waals surface area contributed by atoms with E-state index in [2.05, 4.69) is 18.2 Å². The van der Waals surface area contributed by atoms with Crippen LogP contribution in [0.4, 0.5) is 0 Å². The van der Waals surface area contributed by atoms with Crippen LogP contribution in [0.25, 0.3) is 0 Å². The van der Waals surface area contributed by atoms with Crippen molar-refractivity contribution in [1.82, 2.24) is 0 Å². The van der Waals surface area contributed by atoms with Gasteiger partial charge in [0.15, 0.2) is 0 Å². The van der Waals surface area contributed by atoms with Crippen molar-refractivity contribution in [3.8, 4) is 0 Å². The van der Waals surface area contributed by atoms with Crippen LogP contribution in [0.1, 0.15) is 17.5 Å². The van der Waals surface area contributed by atoms with Crippen molar-refractivity contribution in [2.24, 2.45) is 0 Å². The van der Waals surface area contributed by atoms with E-state index in [1.807, 2.05) is 13.8 Å². The highest BCUT2D eigenvalue weighted by Gasteiger charge is 2.01. The molecule has 1 N–H and O–H groups in total. The van der Waals surface area contributed by atoms with E-state index in [1.54, 1.807) is 11.8 Å². The molecule has 0 unspecified atom stereocenters. The lowest BCUT2D eigenvalue weighted by Crippen LogP contribution is -1.96. The van der Waals surface area contributed by atoms with E-state index in [0.717, 1.165) is 0 Å². The Hall–Kier alpha value is -0.960. The van der Waals surface area contributed by atoms with Crippen molar-refractivity contribution in [3.05, 3.63) is 29.3 Å². The van der Waals surface area contributed by atoms with Crippen molar-refractivity contribution in [1.29, 1.82) is 0 Å². The fourth-order valence-corrected chi connectivity index (χ4v) is 2.17. The van der Waals surface area contributed by atoms with Gasteiger partial charge in [-0.25, -0.2) is 0 Å². The number of aliphatic carboxylic acids is 1. The lowest BCUT2D eigenvalue weighted by molar-refractivity contribution is -0.136. The summed E-state index contributed by atoms with van der Waals surface area (Å²) < 4.78 is 0. The maximum atomic E-state index is 10.3. The van der Waals surface area contributed by atoms with Crippen molar-refractivity contribution >= 4 is 17.7 Å². The third-order valence-electron chi connectivity index (χ3n) is 1.92. The molecule has 0 bridgehead atoms. The molecule has 1 aromatic carbocycles. The molecule has 0 aliphatic heterocycles. The van der Waals surface area contributed by atoms with E-state index >= 15 is 0 Å². The lowest BCUT2D eigenvalue weighted by Gasteiger charge is -2.05. The molecular weight excluding hydrogens is 196 g/mol. The maximum absolute atomic E-state index is 10.3. The van der Waals surface area contributed by atoms with Crippen LogP contribution >= 0.6 is 11.8 Å². The number of carboxylic acids is 1. The molecule has 2 nitrogen and oxygen atoms in total. The Morgan fingerprint density at radius 2 is 2.14 bits per heavy atom. The van der Waals surface area contributed by atoms with E-state index in [0.29, 0.717) is 5.75 Å². The molecule has 0 fully saturated rings. The molecule has 0 radical (unpaired) electrons. The van der Waals surface area contributed by atoms with Gasteiger partial charge in [0, 0.05) is 10.6 Å². The number of benzene rings is 1. The fourth-order valence-electron chi connectivity index (χ4n) is 1.11. The highest BCUT2D eigenvalue weighted by atomic mass is 32.2. The summed E-state index contributed by atoms with van der Waals surface area (Å²) in [7, 11) is 0. The van der Waals surface area contributed by atoms with Gasteiger partial charge >= 0.3 is 5.97 Å². The summed E-state index contributed by atoms with van der Waals surface area (Å²) in [6, 6.07) is 6.23. The van der Waals surface area contributed by atoms with Gasteiger partial charge in [0.05, 0.1) is 6.42 Å². The molecule has 0 atom stereocenters. The minimum absolute atomic E-state index is 0.220. The number of thioether (sulfide) groups is 1. The van der Waals surface area contributed by atoms with Crippen molar-refractivity contribution in [2.75, 3.05) is 5.75 Å². The predicted molar refractivity (Wildman–Crippen MR) is 58.9 cm³/mol. The summed E-state index contributed by atoms with van der Waals surface area (Å²) >= 11 is 1.61. The quantitative estimate of drug-likeness (QED) is 0.776. The number of aryl methyl sites for hydroxylation is 2. The Morgan fingerprint density at radius 3 is 2.79 bits per heavy atom. The first-order valence-corrected chi connectivity index (χ1v) is 5.50. The van der Waals surface area contributed by atoms with Gasteiger partial charge in [0.2, 0.25) is 0 Å². The van der Waals surface area contributed by atoms with Gasteiger partial charge in [-0.05, 0) is 25.5 Å². The summed E-state index contributed by atoms with van der Waals surface area (Å²) in [5.74, 6) is -0.0950. The van der Waals surface area contributed by atoms with Crippen LogP contribution in [0.3, 0.4) is 0 Å². The van der Waals surface area contributed by atoms with Gasteiger partial charge < -0.3 is 5.11 Å². The number of rotatable bonds is 4. The average molecular weight is 210 g/mol. The molecule has 0 aliphatic carbocycles. The second kappa shape index (κ2) is 5.05. The zero-order valence-electron chi connectivity index (χ0n) is 8.41. The first-order valence-electron chi connectivity index (χ1n) is 4.51. The summed E-state index contributed by atoms with van der Waals surface area (Å²) in [6.45, 7) is 4.09. The Balaban J connectivity index is 2.57. The lowest BCUT2D eigenvalue weighted by atomic mass is 10.2. The second-order valence-electron chi connectivity index (χ2n) is 3.26. The smallest absolute Gasteiger partial charge is 0.304 e. The first-order chi connectivity index (χ1) is 6.59. The molecule has 0 aliphatic rings. The van der Waals surface area contributed by atoms with Crippen molar-refractivity contribution in [2.45, 2.75) is 25.2 Å². The number of hydrogen-bond donors (Lipinski definition) is 1. The standard InChI is InChI=1S/C11H14O2S/c1-8-3-4-9(2)10(7-8)14-6-5-11(12)13/h3-4,7H,5-6H2,1-2H3,(H,12,13). The van der Waals surface area contributed by atoms with Gasteiger partial charge in [0.1, 0.15) is 0 Å². The van der Waals surface area contributed by atoms with E-state index in [4.69, 9.17) is 5.11 Å². The Labute approximate surface area is 88.3 Å². The molecule has 0 amide bonds. The Bertz CT molecular complexity index is 334. The van der Waals surface area contributed by atoms with E-state index < -0.39 is 5.97 Å². The van der Waals surface area contributed by atoms with Crippen LogP contribution in [0.5, 0.6) is 0 Å². The highest BCUT2D eigenvalue weighted by Crippen LogP contribution is 2.23. The maximum Gasteiger partial charge on any atom is 0.304 e. The first kappa shape index (κ1) is 11.1. The molecule has 0 heterocycles. The third-order valence-corrected chi connectivity index (χ3v) is 3.08. The molecule has 1 aromatic rings. The normalized spacial score (nSPS) is 10.1. The molecule has 14 heavy (non-hydrogen) atoms. The van der Waals surface area contributed by atoms with Crippen LogP contribution in [0.15, 0.2) is 23.1 Å². The van der Waals surface area contributed by atoms with E-state index in [9.17, 15) is 4.79 Å². The SMILES string of the molecule is Cc1ccc(C)c(SCCC(=O)O)c1. The summed E-state index contributed by atoms with van der Waals surface area (Å²) in [5, 5.41) is 8.50. The van der Waals surface area contributed by atoms with Gasteiger partial charge in [-0.15, -0.1) is 11.8 Å². The zero-order valence-corrected chi connectivity index (χ0v) is 9.23. The third kappa shape index (κ3) is 3.42. The Kier molecular flexibility index (Phi) is 4.01. The van der Waals surface area contributed by atoms with Crippen molar-refractivity contribution < 1.29 is 9.90 Å². The van der Waals surface area contributed by atoms with Gasteiger partial charge in [-0.1, -0.05) is 17.7 Å². The molecule has 0 aromatic heterocycles. The van der Waals surface area contributed by atoms with Crippen molar-refractivity contribution in [3.63, 3.8) is 0 Å². The van der Waals surface area contributed by atoms with Gasteiger partial charge in [-0.3, -0.25) is 4.79 Å². The Morgan fingerprint density at radius 1 is 1.43 bits per heavy atom. The molecule has 0 saturated heterocycles. The van der Waals surface area contributed by atoms with Gasteiger partial charge in [-0.2, -0.15) is 0 Å². The molecular formula is C11H14O2S. The summed E-state index contributed by atoms with van der Waals surface area (Å²) in [6.07, 6.45) is 0.220. The molecule has 1 rings (SSSR count). The molecule has 0 saturated carbocycles. The van der Waals surface area contributed by atoms with E-state index in [1.165, 1.54) is 16.0 Å². The minimum Gasteiger partial charge on any atom is -0.481 e. The largest absolute Gasteiger partial charge is 0.481 e. The summed E-state index contributed by atoms with van der Waals surface area (Å²) in [4.78, 5) is 11.5. The average Bonchev–Trinajstić information content (AvgIpc) is 2.10. The zero-order chi connectivity index (χ0) is 10.6. The number of hydrogen-bond acceptors (Lipinski definition) is 2. The van der Waals surface area contributed by atoms with Crippen LogP contribution in [-0.2, 0) is 4.79 Å². The highest BCUT2D eigenvalue weighted by molar-refractivity contribution is 7.99. The van der Waals surface area contributed by atoms with Crippen LogP contribution < -0.4 is 0 Å². The van der Waals surface area contributed by atoms with E-state index in [-0.39, 0.29) is 6.42 Å². The number of carbonyl (C=O) groups is 1. The number of carboxylic acid groups (broad SMARTS) is 1. The second-order valence-corrected chi connectivity index (χ2v) is 4.40. The van der Waals surface area contributed by atoms with Crippen LogP contribution in [0.2, 0.25) is 0 Å². The minimum atomic E-state index is -0.734. The van der Waals surface area contributed by atoms with Crippen LogP contribution in [0, 0.1) is 13.8 Å². The molecule has 3 heteroatoms. The fraction of sp³-hybridized carbons (Fsp3) is 0.364. The molecule has 76 valence electrons. The molecule has 0 spiro atoms. The predicted octanol–water partition coefficient (Wildman–Crippen LogP) is 2.87. The van der Waals surface area contributed by atoms with Crippen LogP contribution in [-0.4, -0.2) is 16.8 Å². The monoisotopic (exact) mass is 210 g/mol.